The summed E-state index contributed by atoms with van der Waals surface area (Å²) in [6, 6.07) is 5.25. The van der Waals surface area contributed by atoms with Crippen molar-refractivity contribution >= 4 is 11.7 Å². The number of primary amides is 1. The van der Waals surface area contributed by atoms with Crippen LogP contribution in [0.25, 0.3) is 5.69 Å². The van der Waals surface area contributed by atoms with Crippen molar-refractivity contribution in [3.8, 4) is 5.69 Å². The van der Waals surface area contributed by atoms with Crippen LogP contribution < -0.4 is 11.1 Å². The summed E-state index contributed by atoms with van der Waals surface area (Å²) in [6.07, 6.45) is 2.65. The predicted molar refractivity (Wildman–Crippen MR) is 106 cm³/mol. The maximum absolute atomic E-state index is 12.8. The first-order valence-corrected chi connectivity index (χ1v) is 9.66. The molecule has 4 rings (SSSR count). The lowest BCUT2D eigenvalue weighted by atomic mass is 9.81. The Balaban J connectivity index is 1.72. The van der Waals surface area contributed by atoms with Crippen LogP contribution in [-0.2, 0) is 6.18 Å². The van der Waals surface area contributed by atoms with Crippen LogP contribution >= 0.6 is 0 Å². The largest absolute Gasteiger partial charge is 0.434 e. The fourth-order valence-corrected chi connectivity index (χ4v) is 4.24. The first-order valence-electron chi connectivity index (χ1n) is 9.66. The molecule has 0 radical (unpaired) electrons. The predicted octanol–water partition coefficient (Wildman–Crippen LogP) is 3.31. The van der Waals surface area contributed by atoms with Crippen LogP contribution in [0.15, 0.2) is 43.0 Å². The van der Waals surface area contributed by atoms with E-state index in [9.17, 15) is 18.0 Å². The second kappa shape index (κ2) is 7.64. The second-order valence-electron chi connectivity index (χ2n) is 7.70. The van der Waals surface area contributed by atoms with Gasteiger partial charge in [-0.3, -0.25) is 4.79 Å². The molecule has 1 aliphatic rings. The second-order valence-corrected chi connectivity index (χ2v) is 7.70. The Bertz CT molecular complexity index is 1080. The molecular weight excluding hydrogens is 411 g/mol. The van der Waals surface area contributed by atoms with Crippen molar-refractivity contribution in [2.24, 2.45) is 5.73 Å². The first kappa shape index (κ1) is 20.8. The van der Waals surface area contributed by atoms with Crippen LogP contribution in [0.1, 0.15) is 53.7 Å². The van der Waals surface area contributed by atoms with E-state index < -0.39 is 23.3 Å². The van der Waals surface area contributed by atoms with E-state index in [2.05, 4.69) is 25.5 Å². The van der Waals surface area contributed by atoms with Gasteiger partial charge in [0.25, 0.3) is 5.91 Å². The highest BCUT2D eigenvalue weighted by Gasteiger charge is 2.42. The fourth-order valence-electron chi connectivity index (χ4n) is 4.24. The zero-order chi connectivity index (χ0) is 22.2. The molecule has 1 saturated carbocycles. The van der Waals surface area contributed by atoms with Gasteiger partial charge in [0, 0.05) is 11.5 Å². The summed E-state index contributed by atoms with van der Waals surface area (Å²) >= 11 is 0. The van der Waals surface area contributed by atoms with Gasteiger partial charge in [0.05, 0.1) is 30.4 Å². The minimum absolute atomic E-state index is 0.100. The minimum atomic E-state index is -4.55. The number of hydrogen-bond donors (Lipinski definition) is 2. The van der Waals surface area contributed by atoms with Gasteiger partial charge in [-0.05, 0) is 31.4 Å². The molecule has 1 amide bonds. The average molecular weight is 431 g/mol. The van der Waals surface area contributed by atoms with Gasteiger partial charge in [-0.2, -0.15) is 28.2 Å². The molecule has 3 aromatic rings. The molecular formula is C20H20F3N7O. The summed E-state index contributed by atoms with van der Waals surface area (Å²) in [5, 5.41) is 11.6. The Kier molecular flexibility index (Phi) is 5.11. The topological polar surface area (TPSA) is 112 Å². The summed E-state index contributed by atoms with van der Waals surface area (Å²) < 4.78 is 38.4. The highest BCUT2D eigenvalue weighted by Crippen LogP contribution is 2.46. The molecule has 0 bridgehead atoms. The van der Waals surface area contributed by atoms with E-state index in [1.54, 1.807) is 12.1 Å². The van der Waals surface area contributed by atoms with Crippen LogP contribution in [-0.4, -0.2) is 36.4 Å². The summed E-state index contributed by atoms with van der Waals surface area (Å²) in [5.74, 6) is -0.459. The molecule has 162 valence electrons. The number of rotatable bonds is 5. The number of carbonyl (C=O) groups is 1. The van der Waals surface area contributed by atoms with Crippen molar-refractivity contribution in [1.82, 2.24) is 25.0 Å². The Morgan fingerprint density at radius 1 is 1.23 bits per heavy atom. The summed E-state index contributed by atoms with van der Waals surface area (Å²) in [6.45, 7) is 1.97. The van der Waals surface area contributed by atoms with E-state index in [1.165, 1.54) is 17.2 Å². The highest BCUT2D eigenvalue weighted by molar-refractivity contribution is 5.97. The molecule has 1 fully saturated rings. The highest BCUT2D eigenvalue weighted by atomic mass is 19.4. The molecule has 2 heterocycles. The number of nitrogens with zero attached hydrogens (tertiary/aromatic N) is 5. The number of para-hydroxylation sites is 1. The third-order valence-corrected chi connectivity index (χ3v) is 5.64. The molecule has 0 aliphatic heterocycles. The molecule has 2 atom stereocenters. The van der Waals surface area contributed by atoms with E-state index in [0.29, 0.717) is 11.9 Å². The number of nitrogens with two attached hydrogens (primary N) is 1. The van der Waals surface area contributed by atoms with Gasteiger partial charge in [0.1, 0.15) is 11.5 Å². The number of alkyl halides is 3. The molecule has 31 heavy (non-hydrogen) atoms. The molecule has 11 heteroatoms. The lowest BCUT2D eigenvalue weighted by Crippen LogP contribution is -2.38. The quantitative estimate of drug-likeness (QED) is 0.641. The molecule has 0 spiro atoms. The van der Waals surface area contributed by atoms with Gasteiger partial charge in [-0.25, -0.2) is 9.97 Å². The van der Waals surface area contributed by atoms with Gasteiger partial charge in [0.15, 0.2) is 5.69 Å². The molecule has 3 N–H and O–H groups in total. The molecule has 2 aromatic heterocycles. The Morgan fingerprint density at radius 2 is 1.97 bits per heavy atom. The van der Waals surface area contributed by atoms with Crippen molar-refractivity contribution in [2.45, 2.75) is 43.8 Å². The van der Waals surface area contributed by atoms with Crippen LogP contribution in [0.3, 0.4) is 0 Å². The number of benzene rings is 1. The van der Waals surface area contributed by atoms with Gasteiger partial charge in [0.2, 0.25) is 0 Å². The summed E-state index contributed by atoms with van der Waals surface area (Å²) in [4.78, 5) is 20.8. The van der Waals surface area contributed by atoms with Crippen LogP contribution in [0, 0.1) is 0 Å². The Morgan fingerprint density at radius 3 is 2.58 bits per heavy atom. The van der Waals surface area contributed by atoms with Gasteiger partial charge in [-0.1, -0.05) is 18.6 Å². The summed E-state index contributed by atoms with van der Waals surface area (Å²) in [7, 11) is 0. The van der Waals surface area contributed by atoms with E-state index in [1.807, 2.05) is 13.0 Å². The number of amides is 1. The number of nitrogens with one attached hydrogen (secondary N) is 1. The minimum Gasteiger partial charge on any atom is -0.366 e. The third kappa shape index (κ3) is 3.94. The number of anilines is 1. The lowest BCUT2D eigenvalue weighted by Gasteiger charge is -2.34. The van der Waals surface area contributed by atoms with Gasteiger partial charge >= 0.3 is 6.18 Å². The van der Waals surface area contributed by atoms with Crippen LogP contribution in [0.4, 0.5) is 19.0 Å². The Hall–Kier alpha value is -3.50. The SMILES string of the molecule is CC1(Nc2cnc(C(F)(F)F)cn2)CCCC1c1cccc(C(N)=O)c1-n1nccn1. The van der Waals surface area contributed by atoms with E-state index in [-0.39, 0.29) is 17.3 Å². The fraction of sp³-hybridized carbons (Fsp3) is 0.350. The lowest BCUT2D eigenvalue weighted by molar-refractivity contribution is -0.141. The van der Waals surface area contributed by atoms with Crippen molar-refractivity contribution in [3.05, 3.63) is 59.8 Å². The molecule has 2 unspecified atom stereocenters. The standard InChI is InChI=1S/C20H20F3N7O/c1-19(29-16-11-25-15(10-26-16)20(21,22)23)7-3-6-14(19)12-4-2-5-13(18(24)31)17(12)30-27-8-9-28-30/h2,4-5,8-11,14H,3,6-7H2,1H3,(H2,24,31)(H,26,29). The Labute approximate surface area is 175 Å². The van der Waals surface area contributed by atoms with Gasteiger partial charge in [-0.15, -0.1) is 0 Å². The number of hydrogen-bond acceptors (Lipinski definition) is 6. The monoisotopic (exact) mass is 431 g/mol. The number of halogens is 3. The number of carbonyl (C=O) groups excluding carboxylic acids is 1. The molecule has 1 aliphatic carbocycles. The maximum Gasteiger partial charge on any atom is 0.434 e. The van der Waals surface area contributed by atoms with Crippen molar-refractivity contribution < 1.29 is 18.0 Å². The smallest absolute Gasteiger partial charge is 0.366 e. The molecule has 1 aromatic carbocycles. The zero-order valence-electron chi connectivity index (χ0n) is 16.6. The molecule has 0 saturated heterocycles. The molecule has 8 nitrogen and oxygen atoms in total. The van der Waals surface area contributed by atoms with E-state index in [4.69, 9.17) is 5.73 Å². The van der Waals surface area contributed by atoms with E-state index >= 15 is 0 Å². The summed E-state index contributed by atoms with van der Waals surface area (Å²) in [5.41, 5.74) is 5.60. The number of aromatic nitrogens is 5. The van der Waals surface area contributed by atoms with Gasteiger partial charge < -0.3 is 11.1 Å². The van der Waals surface area contributed by atoms with Crippen molar-refractivity contribution in [1.29, 1.82) is 0 Å². The van der Waals surface area contributed by atoms with Crippen molar-refractivity contribution in [3.63, 3.8) is 0 Å². The first-order chi connectivity index (χ1) is 14.7. The normalized spacial score (nSPS) is 21.2. The van der Waals surface area contributed by atoms with Crippen molar-refractivity contribution in [2.75, 3.05) is 5.32 Å². The van der Waals surface area contributed by atoms with Crippen LogP contribution in [0.5, 0.6) is 0 Å². The average Bonchev–Trinajstić information content (AvgIpc) is 3.37. The van der Waals surface area contributed by atoms with E-state index in [0.717, 1.165) is 31.0 Å². The third-order valence-electron chi connectivity index (χ3n) is 5.64. The zero-order valence-corrected chi connectivity index (χ0v) is 16.6. The van der Waals surface area contributed by atoms with Crippen LogP contribution in [0.2, 0.25) is 0 Å². The maximum atomic E-state index is 12.8.